The van der Waals surface area contributed by atoms with Crippen LogP contribution >= 0.6 is 59.4 Å². The van der Waals surface area contributed by atoms with Crippen LogP contribution in [-0.4, -0.2) is 5.78 Å². The third-order valence-corrected chi connectivity index (χ3v) is 4.81. The van der Waals surface area contributed by atoms with Gasteiger partial charge in [0.05, 0.1) is 10.6 Å². The normalized spacial score (nSPS) is 10.6. The van der Waals surface area contributed by atoms with E-state index in [4.69, 9.17) is 11.6 Å². The zero-order chi connectivity index (χ0) is 14.2. The summed E-state index contributed by atoms with van der Waals surface area (Å²) in [5.74, 6) is -1.05. The highest BCUT2D eigenvalue weighted by atomic mass is 79.9. The topological polar surface area (TPSA) is 17.1 Å². The van der Waals surface area contributed by atoms with E-state index in [0.29, 0.717) is 14.5 Å². The molecule has 98 valence electrons. The molecule has 0 unspecified atom stereocenters. The summed E-state index contributed by atoms with van der Waals surface area (Å²) in [6.45, 7) is 0. The Morgan fingerprint density at radius 1 is 1.00 bits per heavy atom. The molecule has 0 fully saturated rings. The first-order chi connectivity index (χ1) is 8.90. The van der Waals surface area contributed by atoms with Crippen molar-refractivity contribution in [2.24, 2.45) is 0 Å². The van der Waals surface area contributed by atoms with Crippen LogP contribution in [0.25, 0.3) is 0 Å². The molecule has 0 radical (unpaired) electrons. The van der Waals surface area contributed by atoms with Gasteiger partial charge in [-0.3, -0.25) is 4.79 Å². The minimum absolute atomic E-state index is 0.0630. The lowest BCUT2D eigenvalue weighted by Gasteiger charge is -2.07. The Bertz CT molecular complexity index is 673. The molecule has 0 aliphatic heterocycles. The van der Waals surface area contributed by atoms with Crippen molar-refractivity contribution in [2.75, 3.05) is 0 Å². The minimum atomic E-state index is -0.617. The van der Waals surface area contributed by atoms with E-state index in [9.17, 15) is 9.18 Å². The van der Waals surface area contributed by atoms with E-state index in [-0.39, 0.29) is 10.6 Å². The second-order valence-corrected chi connectivity index (χ2v) is 6.73. The standard InChI is InChI=1S/C13H5Br3ClFO/c14-6-1-2-9(15)7(3-6)13(19)8-4-11(17)10(16)5-12(8)18/h1-5H. The molecule has 2 rings (SSSR count). The second-order valence-electron chi connectivity index (χ2n) is 3.70. The summed E-state index contributed by atoms with van der Waals surface area (Å²) < 4.78 is 15.6. The molecule has 6 heteroatoms. The monoisotopic (exact) mass is 468 g/mol. The Kier molecular flexibility index (Phi) is 4.82. The Morgan fingerprint density at radius 2 is 1.68 bits per heavy atom. The van der Waals surface area contributed by atoms with Crippen molar-refractivity contribution in [3.63, 3.8) is 0 Å². The number of ketones is 1. The van der Waals surface area contributed by atoms with E-state index in [1.54, 1.807) is 18.2 Å². The molecule has 0 aliphatic rings. The van der Waals surface area contributed by atoms with Gasteiger partial charge in [-0.15, -0.1) is 0 Å². The zero-order valence-electron chi connectivity index (χ0n) is 9.18. The van der Waals surface area contributed by atoms with Crippen LogP contribution in [0.1, 0.15) is 15.9 Å². The van der Waals surface area contributed by atoms with Gasteiger partial charge in [-0.05, 0) is 46.3 Å². The number of halogens is 5. The predicted octanol–water partition coefficient (Wildman–Crippen LogP) is 6.00. The van der Waals surface area contributed by atoms with Crippen molar-refractivity contribution in [2.45, 2.75) is 0 Å². The molecule has 0 amide bonds. The minimum Gasteiger partial charge on any atom is -0.288 e. The second kappa shape index (κ2) is 6.04. The van der Waals surface area contributed by atoms with Gasteiger partial charge in [-0.2, -0.15) is 0 Å². The van der Waals surface area contributed by atoms with Crippen LogP contribution in [0.5, 0.6) is 0 Å². The maximum atomic E-state index is 13.9. The van der Waals surface area contributed by atoms with Gasteiger partial charge in [0.2, 0.25) is 0 Å². The molecule has 0 aromatic heterocycles. The summed E-state index contributed by atoms with van der Waals surface area (Å²) >= 11 is 15.6. The highest BCUT2D eigenvalue weighted by Crippen LogP contribution is 2.29. The predicted molar refractivity (Wildman–Crippen MR) is 84.4 cm³/mol. The summed E-state index contributed by atoms with van der Waals surface area (Å²) in [6.07, 6.45) is 0. The van der Waals surface area contributed by atoms with Crippen LogP contribution in [-0.2, 0) is 0 Å². The molecule has 2 aromatic rings. The van der Waals surface area contributed by atoms with Gasteiger partial charge in [0, 0.05) is 19.0 Å². The number of benzene rings is 2. The molecule has 0 atom stereocenters. The summed E-state index contributed by atoms with van der Waals surface area (Å²) in [7, 11) is 0. The zero-order valence-corrected chi connectivity index (χ0v) is 14.7. The molecule has 2 aromatic carbocycles. The highest BCUT2D eigenvalue weighted by Gasteiger charge is 2.18. The Balaban J connectivity index is 2.56. The Labute approximate surface area is 139 Å². The van der Waals surface area contributed by atoms with Gasteiger partial charge in [0.1, 0.15) is 5.82 Å². The molecule has 0 spiro atoms. The van der Waals surface area contributed by atoms with Crippen LogP contribution in [0.4, 0.5) is 4.39 Å². The van der Waals surface area contributed by atoms with Crippen LogP contribution in [0.15, 0.2) is 43.7 Å². The molecular weight excluding hydrogens is 466 g/mol. The van der Waals surface area contributed by atoms with E-state index in [2.05, 4.69) is 47.8 Å². The van der Waals surface area contributed by atoms with Crippen LogP contribution in [0.2, 0.25) is 5.02 Å². The van der Waals surface area contributed by atoms with Crippen molar-refractivity contribution in [1.82, 2.24) is 0 Å². The van der Waals surface area contributed by atoms with Crippen molar-refractivity contribution in [3.8, 4) is 0 Å². The summed E-state index contributed by atoms with van der Waals surface area (Å²) in [5.41, 5.74) is 0.304. The number of hydrogen-bond acceptors (Lipinski definition) is 1. The third-order valence-electron chi connectivity index (χ3n) is 2.43. The number of carbonyl (C=O) groups is 1. The molecule has 0 saturated carbocycles. The lowest BCUT2D eigenvalue weighted by Crippen LogP contribution is -2.05. The van der Waals surface area contributed by atoms with E-state index in [1.807, 2.05) is 0 Å². The smallest absolute Gasteiger partial charge is 0.197 e. The molecule has 0 aliphatic carbocycles. The summed E-state index contributed by atoms with van der Waals surface area (Å²) in [6, 6.07) is 7.63. The number of carbonyl (C=O) groups excluding carboxylic acids is 1. The maximum absolute atomic E-state index is 13.9. The Hall–Kier alpha value is -0.230. The average Bonchev–Trinajstić information content (AvgIpc) is 2.36. The maximum Gasteiger partial charge on any atom is 0.197 e. The summed E-state index contributed by atoms with van der Waals surface area (Å²) in [4.78, 5) is 12.3. The fourth-order valence-corrected chi connectivity index (χ4v) is 2.78. The van der Waals surface area contributed by atoms with E-state index >= 15 is 0 Å². The first kappa shape index (κ1) is 15.2. The van der Waals surface area contributed by atoms with Gasteiger partial charge in [-0.1, -0.05) is 43.5 Å². The fourth-order valence-electron chi connectivity index (χ4n) is 1.51. The van der Waals surface area contributed by atoms with Crippen LogP contribution in [0.3, 0.4) is 0 Å². The van der Waals surface area contributed by atoms with E-state index in [1.165, 1.54) is 12.1 Å². The summed E-state index contributed by atoms with van der Waals surface area (Å²) in [5, 5.41) is 0.288. The van der Waals surface area contributed by atoms with E-state index < -0.39 is 11.6 Å². The lowest BCUT2D eigenvalue weighted by atomic mass is 10.0. The van der Waals surface area contributed by atoms with Crippen molar-refractivity contribution in [3.05, 3.63) is 65.7 Å². The average molecular weight is 471 g/mol. The van der Waals surface area contributed by atoms with Crippen molar-refractivity contribution in [1.29, 1.82) is 0 Å². The SMILES string of the molecule is O=C(c1cc(Cl)c(Br)cc1F)c1cc(Br)ccc1Br. The van der Waals surface area contributed by atoms with Gasteiger partial charge in [0.15, 0.2) is 5.78 Å². The number of hydrogen-bond donors (Lipinski definition) is 0. The van der Waals surface area contributed by atoms with Gasteiger partial charge in [-0.25, -0.2) is 4.39 Å². The molecule has 19 heavy (non-hydrogen) atoms. The quantitative estimate of drug-likeness (QED) is 0.388. The Morgan fingerprint density at radius 3 is 2.37 bits per heavy atom. The van der Waals surface area contributed by atoms with Crippen LogP contribution in [0, 0.1) is 5.82 Å². The number of rotatable bonds is 2. The van der Waals surface area contributed by atoms with Gasteiger partial charge < -0.3 is 0 Å². The van der Waals surface area contributed by atoms with Crippen LogP contribution < -0.4 is 0 Å². The molecule has 0 heterocycles. The van der Waals surface area contributed by atoms with Gasteiger partial charge in [0.25, 0.3) is 0 Å². The molecular formula is C13H5Br3ClFO. The third kappa shape index (κ3) is 3.27. The highest BCUT2D eigenvalue weighted by molar-refractivity contribution is 9.11. The lowest BCUT2D eigenvalue weighted by molar-refractivity contribution is 0.103. The van der Waals surface area contributed by atoms with Crippen molar-refractivity contribution < 1.29 is 9.18 Å². The van der Waals surface area contributed by atoms with E-state index in [0.717, 1.165) is 4.47 Å². The first-order valence-electron chi connectivity index (χ1n) is 5.04. The first-order valence-corrected chi connectivity index (χ1v) is 7.80. The molecule has 0 bridgehead atoms. The molecule has 0 N–H and O–H groups in total. The van der Waals surface area contributed by atoms with Crippen molar-refractivity contribution >= 4 is 65.2 Å². The fraction of sp³-hybridized carbons (Fsp3) is 0. The van der Waals surface area contributed by atoms with Gasteiger partial charge >= 0.3 is 0 Å². The molecule has 1 nitrogen and oxygen atoms in total. The largest absolute Gasteiger partial charge is 0.288 e. The molecule has 0 saturated heterocycles.